The summed E-state index contributed by atoms with van der Waals surface area (Å²) in [5.41, 5.74) is 3.23. The lowest BCUT2D eigenvalue weighted by atomic mass is 10.0. The molecule has 0 N–H and O–H groups in total. The first kappa shape index (κ1) is 9.59. The molecule has 0 radical (unpaired) electrons. The Labute approximate surface area is 88.5 Å². The molecule has 0 aliphatic rings. The van der Waals surface area contributed by atoms with Crippen LogP contribution >= 0.6 is 0 Å². The zero-order valence-electron chi connectivity index (χ0n) is 8.26. The Morgan fingerprint density at radius 1 is 0.867 bits per heavy atom. The Balaban J connectivity index is 2.37. The third-order valence-electron chi connectivity index (χ3n) is 2.28. The van der Waals surface area contributed by atoms with Crippen molar-refractivity contribution in [2.24, 2.45) is 5.18 Å². The predicted molar refractivity (Wildman–Crippen MR) is 61.4 cm³/mol. The lowest BCUT2D eigenvalue weighted by molar-refractivity contribution is 1.06. The standard InChI is InChI=1S/C13H11NO/c15-14-10-11-5-4-8-13(9-11)12-6-2-1-3-7-12/h1-9H,10H2. The number of rotatable bonds is 3. The van der Waals surface area contributed by atoms with Gasteiger partial charge < -0.3 is 0 Å². The Morgan fingerprint density at radius 2 is 1.60 bits per heavy atom. The summed E-state index contributed by atoms with van der Waals surface area (Å²) in [7, 11) is 0. The molecule has 0 saturated carbocycles. The third kappa shape index (κ3) is 2.29. The van der Waals surface area contributed by atoms with Gasteiger partial charge in [0.05, 0.1) is 0 Å². The van der Waals surface area contributed by atoms with Crippen LogP contribution in [0.25, 0.3) is 11.1 Å². The maximum atomic E-state index is 10.2. The number of hydrogen-bond donors (Lipinski definition) is 0. The normalized spacial score (nSPS) is 9.87. The maximum Gasteiger partial charge on any atom is 0.106 e. The maximum absolute atomic E-state index is 10.2. The zero-order valence-corrected chi connectivity index (χ0v) is 8.26. The quantitative estimate of drug-likeness (QED) is 0.691. The molecule has 0 bridgehead atoms. The molecule has 0 amide bonds. The largest absolute Gasteiger partial charge is 0.150 e. The van der Waals surface area contributed by atoms with Crippen molar-refractivity contribution >= 4 is 0 Å². The van der Waals surface area contributed by atoms with Crippen LogP contribution in [-0.2, 0) is 6.54 Å². The molecule has 2 nitrogen and oxygen atoms in total. The molecule has 0 fully saturated rings. The third-order valence-corrected chi connectivity index (χ3v) is 2.28. The van der Waals surface area contributed by atoms with Crippen LogP contribution in [0, 0.1) is 4.91 Å². The molecule has 0 unspecified atom stereocenters. The van der Waals surface area contributed by atoms with Gasteiger partial charge in [-0.1, -0.05) is 53.7 Å². The van der Waals surface area contributed by atoms with Gasteiger partial charge in [0.25, 0.3) is 0 Å². The number of nitroso groups, excluding NO2 is 1. The minimum atomic E-state index is 0.237. The van der Waals surface area contributed by atoms with Crippen LogP contribution in [0.2, 0.25) is 0 Å². The Bertz CT molecular complexity index is 451. The van der Waals surface area contributed by atoms with E-state index in [0.717, 1.165) is 16.7 Å². The smallest absolute Gasteiger partial charge is 0.106 e. The summed E-state index contributed by atoms with van der Waals surface area (Å²) >= 11 is 0. The zero-order chi connectivity index (χ0) is 10.5. The van der Waals surface area contributed by atoms with Gasteiger partial charge in [0.2, 0.25) is 0 Å². The fraction of sp³-hybridized carbons (Fsp3) is 0.0769. The molecule has 2 aromatic carbocycles. The SMILES string of the molecule is O=NCc1cccc(-c2ccccc2)c1. The van der Waals surface area contributed by atoms with E-state index in [1.165, 1.54) is 0 Å². The monoisotopic (exact) mass is 197 g/mol. The fourth-order valence-electron chi connectivity index (χ4n) is 1.55. The van der Waals surface area contributed by atoms with E-state index < -0.39 is 0 Å². The molecule has 2 rings (SSSR count). The van der Waals surface area contributed by atoms with Crippen molar-refractivity contribution < 1.29 is 0 Å². The van der Waals surface area contributed by atoms with E-state index in [-0.39, 0.29) is 6.54 Å². The molecule has 74 valence electrons. The molecule has 15 heavy (non-hydrogen) atoms. The fourth-order valence-corrected chi connectivity index (χ4v) is 1.55. The highest BCUT2D eigenvalue weighted by Crippen LogP contribution is 2.20. The average molecular weight is 197 g/mol. The van der Waals surface area contributed by atoms with Gasteiger partial charge in [-0.2, -0.15) is 4.91 Å². The highest BCUT2D eigenvalue weighted by molar-refractivity contribution is 5.63. The first-order valence-electron chi connectivity index (χ1n) is 4.83. The average Bonchev–Trinajstić information content (AvgIpc) is 2.31. The molecule has 0 aromatic heterocycles. The highest BCUT2D eigenvalue weighted by atomic mass is 16.3. The van der Waals surface area contributed by atoms with Gasteiger partial charge in [0, 0.05) is 0 Å². The molecule has 2 aromatic rings. The highest BCUT2D eigenvalue weighted by Gasteiger charge is 1.98. The predicted octanol–water partition coefficient (Wildman–Crippen LogP) is 3.62. The van der Waals surface area contributed by atoms with Crippen LogP contribution in [0.3, 0.4) is 0 Å². The summed E-state index contributed by atoms with van der Waals surface area (Å²) < 4.78 is 0. The van der Waals surface area contributed by atoms with Crippen molar-refractivity contribution in [2.45, 2.75) is 6.54 Å². The van der Waals surface area contributed by atoms with Gasteiger partial charge in [-0.05, 0) is 22.8 Å². The molecule has 0 spiro atoms. The van der Waals surface area contributed by atoms with Crippen LogP contribution in [0.4, 0.5) is 0 Å². The molecule has 0 saturated heterocycles. The van der Waals surface area contributed by atoms with Gasteiger partial charge in [-0.15, -0.1) is 0 Å². The second-order valence-electron chi connectivity index (χ2n) is 3.35. The van der Waals surface area contributed by atoms with Gasteiger partial charge in [0.1, 0.15) is 6.54 Å². The van der Waals surface area contributed by atoms with Crippen molar-refractivity contribution in [3.8, 4) is 11.1 Å². The summed E-state index contributed by atoms with van der Waals surface area (Å²) in [6, 6.07) is 18.0. The van der Waals surface area contributed by atoms with Crippen LogP contribution in [0.1, 0.15) is 5.56 Å². The van der Waals surface area contributed by atoms with Crippen LogP contribution in [-0.4, -0.2) is 0 Å². The van der Waals surface area contributed by atoms with Crippen molar-refractivity contribution in [2.75, 3.05) is 0 Å². The second kappa shape index (κ2) is 4.51. The van der Waals surface area contributed by atoms with Crippen LogP contribution in [0.15, 0.2) is 59.8 Å². The minimum Gasteiger partial charge on any atom is -0.150 e. The summed E-state index contributed by atoms with van der Waals surface area (Å²) in [4.78, 5) is 10.2. The van der Waals surface area contributed by atoms with E-state index >= 15 is 0 Å². The van der Waals surface area contributed by atoms with Gasteiger partial charge in [-0.25, -0.2) is 0 Å². The van der Waals surface area contributed by atoms with Crippen molar-refractivity contribution in [3.05, 3.63) is 65.1 Å². The number of hydrogen-bond acceptors (Lipinski definition) is 2. The summed E-state index contributed by atoms with van der Waals surface area (Å²) in [5.74, 6) is 0. The second-order valence-corrected chi connectivity index (χ2v) is 3.35. The summed E-state index contributed by atoms with van der Waals surface area (Å²) in [6.07, 6.45) is 0. The van der Waals surface area contributed by atoms with Crippen LogP contribution in [0.5, 0.6) is 0 Å². The molecule has 0 atom stereocenters. The van der Waals surface area contributed by atoms with E-state index in [2.05, 4.69) is 5.18 Å². The summed E-state index contributed by atoms with van der Waals surface area (Å²) in [5, 5.41) is 2.89. The van der Waals surface area contributed by atoms with E-state index in [1.807, 2.05) is 54.6 Å². The van der Waals surface area contributed by atoms with E-state index in [9.17, 15) is 4.91 Å². The number of benzene rings is 2. The lowest BCUT2D eigenvalue weighted by Crippen LogP contribution is -1.82. The van der Waals surface area contributed by atoms with Gasteiger partial charge in [-0.3, -0.25) is 0 Å². The lowest BCUT2D eigenvalue weighted by Gasteiger charge is -2.02. The minimum absolute atomic E-state index is 0.237. The van der Waals surface area contributed by atoms with E-state index in [4.69, 9.17) is 0 Å². The first-order chi connectivity index (χ1) is 7.40. The first-order valence-corrected chi connectivity index (χ1v) is 4.83. The molecule has 0 aliphatic carbocycles. The van der Waals surface area contributed by atoms with Crippen molar-refractivity contribution in [3.63, 3.8) is 0 Å². The van der Waals surface area contributed by atoms with Gasteiger partial charge >= 0.3 is 0 Å². The molecular weight excluding hydrogens is 186 g/mol. The van der Waals surface area contributed by atoms with E-state index in [1.54, 1.807) is 0 Å². The Kier molecular flexibility index (Phi) is 2.88. The van der Waals surface area contributed by atoms with Crippen LogP contribution < -0.4 is 0 Å². The molecule has 0 aliphatic heterocycles. The topological polar surface area (TPSA) is 29.4 Å². The number of nitrogens with zero attached hydrogens (tertiary/aromatic N) is 1. The molecule has 2 heteroatoms. The van der Waals surface area contributed by atoms with Crippen molar-refractivity contribution in [1.82, 2.24) is 0 Å². The Morgan fingerprint density at radius 3 is 2.33 bits per heavy atom. The van der Waals surface area contributed by atoms with Crippen molar-refractivity contribution in [1.29, 1.82) is 0 Å². The molecular formula is C13H11NO. The van der Waals surface area contributed by atoms with E-state index in [0.29, 0.717) is 0 Å². The Hall–Kier alpha value is -1.96. The summed E-state index contributed by atoms with van der Waals surface area (Å²) in [6.45, 7) is 0.237. The van der Waals surface area contributed by atoms with Gasteiger partial charge in [0.15, 0.2) is 0 Å². The molecule has 0 heterocycles.